The average Bonchev–Trinajstić information content (AvgIpc) is 3.21. The van der Waals surface area contributed by atoms with Crippen molar-refractivity contribution in [3.8, 4) is 11.5 Å². The van der Waals surface area contributed by atoms with Crippen LogP contribution in [0.15, 0.2) is 36.4 Å². The van der Waals surface area contributed by atoms with E-state index in [9.17, 15) is 14.0 Å². The molecule has 0 spiro atoms. The Labute approximate surface area is 167 Å². The first kappa shape index (κ1) is 19.0. The number of halogens is 1. The van der Waals surface area contributed by atoms with E-state index in [1.54, 1.807) is 4.90 Å². The highest BCUT2D eigenvalue weighted by Crippen LogP contribution is 2.38. The van der Waals surface area contributed by atoms with Gasteiger partial charge in [0.15, 0.2) is 18.1 Å². The zero-order valence-electron chi connectivity index (χ0n) is 15.7. The Kier molecular flexibility index (Phi) is 5.24. The molecule has 1 amide bonds. The van der Waals surface area contributed by atoms with E-state index < -0.39 is 18.4 Å². The molecule has 0 aliphatic carbocycles. The number of nitrogen functional groups attached to an aromatic ring is 1. The van der Waals surface area contributed by atoms with Gasteiger partial charge in [-0.15, -0.1) is 0 Å². The average molecular weight is 400 g/mol. The van der Waals surface area contributed by atoms with Gasteiger partial charge in [-0.25, -0.2) is 9.18 Å². The lowest BCUT2D eigenvalue weighted by Gasteiger charge is -2.26. The minimum atomic E-state index is -0.758. The van der Waals surface area contributed by atoms with E-state index in [4.69, 9.17) is 19.9 Å². The maximum absolute atomic E-state index is 13.1. The summed E-state index contributed by atoms with van der Waals surface area (Å²) in [7, 11) is 0. The van der Waals surface area contributed by atoms with Crippen LogP contribution in [0, 0.1) is 5.82 Å². The van der Waals surface area contributed by atoms with Crippen molar-refractivity contribution in [2.75, 3.05) is 32.1 Å². The Morgan fingerprint density at radius 3 is 2.72 bits per heavy atom. The predicted octanol–water partition coefficient (Wildman–Crippen LogP) is 2.70. The lowest BCUT2D eigenvalue weighted by molar-refractivity contribution is -0.135. The van der Waals surface area contributed by atoms with Gasteiger partial charge in [-0.3, -0.25) is 4.79 Å². The summed E-state index contributed by atoms with van der Waals surface area (Å²) in [6, 6.07) is 8.95. The number of hydrogen-bond donors (Lipinski definition) is 1. The van der Waals surface area contributed by atoms with Crippen LogP contribution in [0.3, 0.4) is 0 Å². The number of likely N-dealkylation sites (tertiary alicyclic amines) is 1. The molecule has 8 heteroatoms. The number of benzene rings is 2. The summed E-state index contributed by atoms with van der Waals surface area (Å²) in [4.78, 5) is 26.6. The molecule has 2 N–H and O–H groups in total. The second-order valence-corrected chi connectivity index (χ2v) is 6.96. The van der Waals surface area contributed by atoms with E-state index in [1.807, 2.05) is 18.2 Å². The number of amides is 1. The van der Waals surface area contributed by atoms with Gasteiger partial charge in [0, 0.05) is 12.2 Å². The summed E-state index contributed by atoms with van der Waals surface area (Å²) >= 11 is 0. The molecule has 1 saturated heterocycles. The van der Waals surface area contributed by atoms with Gasteiger partial charge in [-0.05, 0) is 48.7 Å². The SMILES string of the molecule is Nc1cc(F)ccc1C(=O)OCC(=O)N1CCCC1c1ccc2c(c1)OCCO2. The second kappa shape index (κ2) is 7.98. The summed E-state index contributed by atoms with van der Waals surface area (Å²) in [5, 5.41) is 0. The summed E-state index contributed by atoms with van der Waals surface area (Å²) in [5.74, 6) is -0.232. The molecule has 4 rings (SSSR count). The monoisotopic (exact) mass is 400 g/mol. The topological polar surface area (TPSA) is 91.1 Å². The van der Waals surface area contributed by atoms with E-state index in [-0.39, 0.29) is 23.2 Å². The third kappa shape index (κ3) is 3.96. The third-order valence-electron chi connectivity index (χ3n) is 5.08. The first-order valence-corrected chi connectivity index (χ1v) is 9.44. The number of carbonyl (C=O) groups excluding carboxylic acids is 2. The molecular weight excluding hydrogens is 379 g/mol. The van der Waals surface area contributed by atoms with Gasteiger partial charge in [0.05, 0.1) is 11.6 Å². The van der Waals surface area contributed by atoms with Crippen molar-refractivity contribution < 1.29 is 28.2 Å². The molecular formula is C21H21FN2O5. The molecule has 29 heavy (non-hydrogen) atoms. The van der Waals surface area contributed by atoms with Crippen LogP contribution in [-0.2, 0) is 9.53 Å². The Bertz CT molecular complexity index is 949. The van der Waals surface area contributed by atoms with Gasteiger partial charge in [-0.2, -0.15) is 0 Å². The van der Waals surface area contributed by atoms with Crippen LogP contribution in [0.2, 0.25) is 0 Å². The van der Waals surface area contributed by atoms with Crippen molar-refractivity contribution in [2.24, 2.45) is 0 Å². The number of ether oxygens (including phenoxy) is 3. The summed E-state index contributed by atoms with van der Waals surface area (Å²) in [6.45, 7) is 1.18. The van der Waals surface area contributed by atoms with Crippen LogP contribution < -0.4 is 15.2 Å². The molecule has 7 nitrogen and oxygen atoms in total. The molecule has 0 bridgehead atoms. The van der Waals surface area contributed by atoms with Crippen molar-refractivity contribution in [1.29, 1.82) is 0 Å². The quantitative estimate of drug-likeness (QED) is 0.627. The molecule has 0 aromatic heterocycles. The Morgan fingerprint density at radius 2 is 1.93 bits per heavy atom. The number of anilines is 1. The summed E-state index contributed by atoms with van der Waals surface area (Å²) in [6.07, 6.45) is 1.66. The fourth-order valence-corrected chi connectivity index (χ4v) is 3.69. The molecule has 0 radical (unpaired) electrons. The third-order valence-corrected chi connectivity index (χ3v) is 5.08. The van der Waals surface area contributed by atoms with Gasteiger partial charge in [0.1, 0.15) is 19.0 Å². The number of carbonyl (C=O) groups is 2. The molecule has 2 aliphatic heterocycles. The second-order valence-electron chi connectivity index (χ2n) is 6.96. The van der Waals surface area contributed by atoms with E-state index in [0.29, 0.717) is 31.3 Å². The molecule has 2 aromatic carbocycles. The molecule has 2 heterocycles. The Hall–Kier alpha value is -3.29. The van der Waals surface area contributed by atoms with Crippen molar-refractivity contribution in [1.82, 2.24) is 4.90 Å². The number of hydrogen-bond acceptors (Lipinski definition) is 6. The van der Waals surface area contributed by atoms with Crippen LogP contribution in [0.5, 0.6) is 11.5 Å². The van der Waals surface area contributed by atoms with Crippen LogP contribution in [0.25, 0.3) is 0 Å². The highest BCUT2D eigenvalue weighted by molar-refractivity contribution is 5.96. The molecule has 152 valence electrons. The number of fused-ring (bicyclic) bond motifs is 1. The minimum absolute atomic E-state index is 0.0298. The first-order valence-electron chi connectivity index (χ1n) is 9.44. The number of nitrogens with two attached hydrogens (primary N) is 1. The molecule has 0 saturated carbocycles. The van der Waals surface area contributed by atoms with Gasteiger partial charge < -0.3 is 24.8 Å². The molecule has 2 aromatic rings. The summed E-state index contributed by atoms with van der Waals surface area (Å²) < 4.78 is 29.4. The molecule has 1 atom stereocenters. The Morgan fingerprint density at radius 1 is 1.14 bits per heavy atom. The minimum Gasteiger partial charge on any atom is -0.486 e. The largest absolute Gasteiger partial charge is 0.486 e. The lowest BCUT2D eigenvalue weighted by Crippen LogP contribution is -2.34. The van der Waals surface area contributed by atoms with Crippen molar-refractivity contribution in [2.45, 2.75) is 18.9 Å². The van der Waals surface area contributed by atoms with Crippen LogP contribution in [0.1, 0.15) is 34.8 Å². The first-order chi connectivity index (χ1) is 14.0. The van der Waals surface area contributed by atoms with Crippen LogP contribution in [0.4, 0.5) is 10.1 Å². The number of esters is 1. The lowest BCUT2D eigenvalue weighted by atomic mass is 10.0. The molecule has 1 fully saturated rings. The fourth-order valence-electron chi connectivity index (χ4n) is 3.69. The van der Waals surface area contributed by atoms with Crippen molar-refractivity contribution in [3.63, 3.8) is 0 Å². The number of nitrogens with zero attached hydrogens (tertiary/aromatic N) is 1. The number of rotatable bonds is 4. The fraction of sp³-hybridized carbons (Fsp3) is 0.333. The van der Waals surface area contributed by atoms with E-state index in [2.05, 4.69) is 0 Å². The van der Waals surface area contributed by atoms with Gasteiger partial charge >= 0.3 is 5.97 Å². The molecule has 2 aliphatic rings. The zero-order chi connectivity index (χ0) is 20.4. The zero-order valence-corrected chi connectivity index (χ0v) is 15.7. The standard InChI is InChI=1S/C21H21FN2O5/c22-14-4-5-15(16(23)11-14)21(26)29-12-20(25)24-7-1-2-17(24)13-3-6-18-19(10-13)28-9-8-27-18/h3-6,10-11,17H,1-2,7-9,12,23H2. The van der Waals surface area contributed by atoms with E-state index in [1.165, 1.54) is 6.07 Å². The predicted molar refractivity (Wildman–Crippen MR) is 102 cm³/mol. The van der Waals surface area contributed by atoms with E-state index >= 15 is 0 Å². The van der Waals surface area contributed by atoms with Crippen molar-refractivity contribution in [3.05, 3.63) is 53.3 Å². The van der Waals surface area contributed by atoms with Gasteiger partial charge in [0.25, 0.3) is 5.91 Å². The Balaban J connectivity index is 1.42. The highest BCUT2D eigenvalue weighted by atomic mass is 19.1. The smallest absolute Gasteiger partial charge is 0.340 e. The van der Waals surface area contributed by atoms with Crippen molar-refractivity contribution >= 4 is 17.6 Å². The molecule has 1 unspecified atom stereocenters. The maximum atomic E-state index is 13.1. The van der Waals surface area contributed by atoms with Gasteiger partial charge in [-0.1, -0.05) is 6.07 Å². The van der Waals surface area contributed by atoms with Crippen LogP contribution >= 0.6 is 0 Å². The van der Waals surface area contributed by atoms with Crippen LogP contribution in [-0.4, -0.2) is 43.1 Å². The summed E-state index contributed by atoms with van der Waals surface area (Å²) in [5.41, 5.74) is 6.60. The maximum Gasteiger partial charge on any atom is 0.340 e. The normalized spacial score (nSPS) is 17.8. The van der Waals surface area contributed by atoms with Gasteiger partial charge in [0.2, 0.25) is 0 Å². The highest BCUT2D eigenvalue weighted by Gasteiger charge is 2.31. The van der Waals surface area contributed by atoms with E-state index in [0.717, 1.165) is 30.5 Å².